The van der Waals surface area contributed by atoms with Crippen LogP contribution in [0.1, 0.15) is 36.2 Å². The molecule has 0 bridgehead atoms. The summed E-state index contributed by atoms with van der Waals surface area (Å²) in [5.41, 5.74) is 1.91. The predicted octanol–water partition coefficient (Wildman–Crippen LogP) is 4.62. The number of sulfonamides is 1. The number of aryl methyl sites for hydroxylation is 1. The van der Waals surface area contributed by atoms with Crippen LogP contribution >= 0.6 is 11.8 Å². The molecule has 2 aromatic rings. The third-order valence-electron chi connectivity index (χ3n) is 5.08. The maximum absolute atomic E-state index is 13.0. The van der Waals surface area contributed by atoms with Crippen molar-refractivity contribution in [2.45, 2.75) is 42.2 Å². The van der Waals surface area contributed by atoms with Gasteiger partial charge in [0.15, 0.2) is 0 Å². The second-order valence-corrected chi connectivity index (χ2v) is 9.84. The molecule has 0 fully saturated rings. The van der Waals surface area contributed by atoms with Crippen molar-refractivity contribution in [2.24, 2.45) is 0 Å². The highest BCUT2D eigenvalue weighted by Gasteiger charge is 2.27. The number of thioether (sulfide) groups is 1. The molecule has 3 rings (SSSR count). The lowest BCUT2D eigenvalue weighted by Crippen LogP contribution is -2.36. The molecule has 5 nitrogen and oxygen atoms in total. The molecule has 1 aliphatic rings. The fourth-order valence-corrected chi connectivity index (χ4v) is 5.60. The number of carbonyl (C=O) groups excluding carboxylic acids is 1. The highest BCUT2D eigenvalue weighted by atomic mass is 32.2. The molecule has 9 heteroatoms. The molecule has 0 saturated heterocycles. The van der Waals surface area contributed by atoms with Crippen molar-refractivity contribution in [1.29, 1.82) is 0 Å². The Labute approximate surface area is 180 Å². The Morgan fingerprint density at radius 2 is 1.80 bits per heavy atom. The van der Waals surface area contributed by atoms with Crippen LogP contribution in [0.4, 0.5) is 14.5 Å². The zero-order valence-corrected chi connectivity index (χ0v) is 18.5. The molecule has 2 aromatic carbocycles. The molecule has 0 spiro atoms. The first kappa shape index (κ1) is 22.7. The van der Waals surface area contributed by atoms with E-state index in [1.165, 1.54) is 16.4 Å². The number of carbonyl (C=O) groups is 1. The highest BCUT2D eigenvalue weighted by molar-refractivity contribution is 7.99. The number of anilines is 1. The number of hydrogen-bond donors (Lipinski definition) is 0. The average molecular weight is 455 g/mol. The van der Waals surface area contributed by atoms with Gasteiger partial charge in [0.05, 0.1) is 4.90 Å². The molecular weight excluding hydrogens is 430 g/mol. The molecule has 0 N–H and O–H groups in total. The van der Waals surface area contributed by atoms with Crippen LogP contribution < -0.4 is 4.90 Å². The molecular formula is C21H24F2N2O3S2. The van der Waals surface area contributed by atoms with Gasteiger partial charge in [-0.25, -0.2) is 8.42 Å². The number of alkyl halides is 2. The van der Waals surface area contributed by atoms with Crippen molar-refractivity contribution in [1.82, 2.24) is 4.31 Å². The fraction of sp³-hybridized carbons (Fsp3) is 0.381. The summed E-state index contributed by atoms with van der Waals surface area (Å²) in [6.45, 7) is 4.89. The summed E-state index contributed by atoms with van der Waals surface area (Å²) in [5, 5.41) is 0. The number of amides is 1. The van der Waals surface area contributed by atoms with Crippen molar-refractivity contribution in [3.05, 3.63) is 53.6 Å². The molecule has 0 saturated carbocycles. The third-order valence-corrected chi connectivity index (χ3v) is 7.85. The zero-order chi connectivity index (χ0) is 21.9. The molecule has 1 aliphatic heterocycles. The lowest BCUT2D eigenvalue weighted by atomic mass is 10.0. The van der Waals surface area contributed by atoms with E-state index in [1.807, 2.05) is 0 Å². The van der Waals surface area contributed by atoms with Crippen LogP contribution in [0.15, 0.2) is 52.3 Å². The van der Waals surface area contributed by atoms with Gasteiger partial charge >= 0.3 is 0 Å². The van der Waals surface area contributed by atoms with Gasteiger partial charge < -0.3 is 4.90 Å². The minimum Gasteiger partial charge on any atom is -0.308 e. The van der Waals surface area contributed by atoms with Gasteiger partial charge in [-0.2, -0.15) is 13.1 Å². The van der Waals surface area contributed by atoms with E-state index in [0.29, 0.717) is 60.4 Å². The van der Waals surface area contributed by atoms with Gasteiger partial charge in [0, 0.05) is 35.8 Å². The Kier molecular flexibility index (Phi) is 7.15. The average Bonchev–Trinajstić information content (AvgIpc) is 2.73. The molecule has 1 amide bonds. The van der Waals surface area contributed by atoms with Crippen LogP contribution in [0.5, 0.6) is 0 Å². The molecule has 1 heterocycles. The van der Waals surface area contributed by atoms with Crippen LogP contribution in [-0.4, -0.2) is 44.0 Å². The number of hydrogen-bond acceptors (Lipinski definition) is 4. The largest absolute Gasteiger partial charge is 0.308 e. The van der Waals surface area contributed by atoms with Crippen LogP contribution in [0, 0.1) is 0 Å². The van der Waals surface area contributed by atoms with Gasteiger partial charge in [-0.3, -0.25) is 4.79 Å². The number of halogens is 2. The summed E-state index contributed by atoms with van der Waals surface area (Å²) in [6, 6.07) is 11.0. The molecule has 0 radical (unpaired) electrons. The summed E-state index contributed by atoms with van der Waals surface area (Å²) >= 11 is 0.434. The molecule has 0 aliphatic carbocycles. The van der Waals surface area contributed by atoms with E-state index in [1.54, 1.807) is 49.1 Å². The number of benzene rings is 2. The standard InChI is InChI=1S/C21H24F2N2O3S2/c1-3-24(4-2)30(27,28)18-11-12-19-16(14-18)6-5-13-25(19)20(26)15-7-9-17(10-8-15)29-21(22)23/h7-12,14,21H,3-6,13H2,1-2H3. The molecule has 162 valence electrons. The normalized spacial score (nSPS) is 14.3. The maximum Gasteiger partial charge on any atom is 0.288 e. The number of fused-ring (bicyclic) bond motifs is 1. The van der Waals surface area contributed by atoms with Crippen LogP contribution in [0.2, 0.25) is 0 Å². The van der Waals surface area contributed by atoms with Crippen LogP contribution in [0.3, 0.4) is 0 Å². The minimum absolute atomic E-state index is 0.229. The van der Waals surface area contributed by atoms with E-state index in [9.17, 15) is 22.0 Å². The summed E-state index contributed by atoms with van der Waals surface area (Å²) in [7, 11) is -3.57. The first-order valence-electron chi connectivity index (χ1n) is 9.77. The van der Waals surface area contributed by atoms with Crippen molar-refractivity contribution in [2.75, 3.05) is 24.5 Å². The van der Waals surface area contributed by atoms with E-state index in [2.05, 4.69) is 0 Å². The van der Waals surface area contributed by atoms with Gasteiger partial charge in [-0.1, -0.05) is 25.6 Å². The summed E-state index contributed by atoms with van der Waals surface area (Å²) in [4.78, 5) is 15.3. The van der Waals surface area contributed by atoms with Gasteiger partial charge in [-0.15, -0.1) is 0 Å². The third kappa shape index (κ3) is 4.68. The van der Waals surface area contributed by atoms with Gasteiger partial charge in [-0.05, 0) is 60.9 Å². The first-order valence-corrected chi connectivity index (χ1v) is 12.1. The second-order valence-electron chi connectivity index (χ2n) is 6.84. The smallest absolute Gasteiger partial charge is 0.288 e. The number of rotatable bonds is 7. The monoisotopic (exact) mass is 454 g/mol. The molecule has 0 aromatic heterocycles. The van der Waals surface area contributed by atoms with Crippen molar-refractivity contribution in [3.8, 4) is 0 Å². The van der Waals surface area contributed by atoms with Gasteiger partial charge in [0.2, 0.25) is 10.0 Å². The summed E-state index contributed by atoms with van der Waals surface area (Å²) in [6.07, 6.45) is 1.40. The van der Waals surface area contributed by atoms with Gasteiger partial charge in [0.1, 0.15) is 0 Å². The van der Waals surface area contributed by atoms with E-state index in [0.717, 1.165) is 5.56 Å². The first-order chi connectivity index (χ1) is 14.3. The Morgan fingerprint density at radius 3 is 2.40 bits per heavy atom. The maximum atomic E-state index is 13.0. The minimum atomic E-state index is -3.57. The Bertz CT molecular complexity index is 1010. The Balaban J connectivity index is 1.88. The fourth-order valence-electron chi connectivity index (χ4n) is 3.59. The van der Waals surface area contributed by atoms with Crippen molar-refractivity contribution >= 4 is 33.4 Å². The highest BCUT2D eigenvalue weighted by Crippen LogP contribution is 2.32. The SMILES string of the molecule is CCN(CC)S(=O)(=O)c1ccc2c(c1)CCCN2C(=O)c1ccc(SC(F)F)cc1. The zero-order valence-electron chi connectivity index (χ0n) is 16.8. The Morgan fingerprint density at radius 1 is 1.13 bits per heavy atom. The summed E-state index contributed by atoms with van der Waals surface area (Å²) < 4.78 is 52.0. The quantitative estimate of drug-likeness (QED) is 0.573. The van der Waals surface area contributed by atoms with E-state index < -0.39 is 15.8 Å². The molecule has 30 heavy (non-hydrogen) atoms. The molecule has 0 atom stereocenters. The lowest BCUT2D eigenvalue weighted by molar-refractivity contribution is 0.0985. The summed E-state index contributed by atoms with van der Waals surface area (Å²) in [5.74, 6) is -2.74. The topological polar surface area (TPSA) is 57.7 Å². The van der Waals surface area contributed by atoms with E-state index >= 15 is 0 Å². The second kappa shape index (κ2) is 9.45. The van der Waals surface area contributed by atoms with Crippen molar-refractivity contribution < 1.29 is 22.0 Å². The Hall–Kier alpha value is -1.97. The van der Waals surface area contributed by atoms with Crippen LogP contribution in [-0.2, 0) is 16.4 Å². The van der Waals surface area contributed by atoms with Gasteiger partial charge in [0.25, 0.3) is 11.7 Å². The lowest BCUT2D eigenvalue weighted by Gasteiger charge is -2.30. The van der Waals surface area contributed by atoms with E-state index in [-0.39, 0.29) is 10.8 Å². The molecule has 0 unspecified atom stereocenters. The van der Waals surface area contributed by atoms with Crippen molar-refractivity contribution in [3.63, 3.8) is 0 Å². The predicted molar refractivity (Wildman–Crippen MR) is 115 cm³/mol. The van der Waals surface area contributed by atoms with Crippen LogP contribution in [0.25, 0.3) is 0 Å². The van der Waals surface area contributed by atoms with E-state index in [4.69, 9.17) is 0 Å². The number of nitrogens with zero attached hydrogens (tertiary/aromatic N) is 2.